The van der Waals surface area contributed by atoms with Crippen molar-refractivity contribution in [3.05, 3.63) is 58.7 Å². The van der Waals surface area contributed by atoms with Crippen molar-refractivity contribution in [2.24, 2.45) is 10.8 Å². The number of aliphatic hydroxyl groups is 1. The molecule has 1 amide bonds. The first kappa shape index (κ1) is 34.2. The number of likely N-dealkylation sites (tertiary alicyclic amines) is 1. The highest BCUT2D eigenvalue weighted by Gasteiger charge is 2.61. The summed E-state index contributed by atoms with van der Waals surface area (Å²) in [5.41, 5.74) is 0.640. The van der Waals surface area contributed by atoms with E-state index in [0.717, 1.165) is 31.5 Å². The monoisotopic (exact) mass is 658 g/mol. The van der Waals surface area contributed by atoms with Crippen LogP contribution >= 0.6 is 0 Å². The molecule has 254 valence electrons. The van der Waals surface area contributed by atoms with Gasteiger partial charge in [0.1, 0.15) is 17.1 Å². The maximum absolute atomic E-state index is 12.5. The van der Waals surface area contributed by atoms with E-state index in [0.29, 0.717) is 54.0 Å². The van der Waals surface area contributed by atoms with Crippen LogP contribution in [0.1, 0.15) is 74.6 Å². The van der Waals surface area contributed by atoms with E-state index in [1.165, 1.54) is 19.1 Å². The van der Waals surface area contributed by atoms with Gasteiger partial charge in [0.15, 0.2) is 0 Å². The lowest BCUT2D eigenvalue weighted by Gasteiger charge is -2.62. The molecule has 46 heavy (non-hydrogen) atoms. The predicted molar refractivity (Wildman–Crippen MR) is 156 cm³/mol. The first-order chi connectivity index (χ1) is 21.1. The number of hydrogen-bond acceptors (Lipinski definition) is 6. The van der Waals surface area contributed by atoms with E-state index in [9.17, 15) is 36.2 Å². The zero-order chi connectivity index (χ0) is 33.9. The molecule has 2 spiro atoms. The molecule has 13 heteroatoms. The standard InChI is InChI=1S/C19H24F3NO4.C14H16F3NO/c1-12-5-6-13(7-14(12)26-19(20,21)22)18(25)8-17(9-18)10-23(11-17)15(24)27-16(2,3)4;1-9-2-3-10(4-12(9)19-14(15,16)17)11-5-13(6-11)7-18-8-13/h5-7,25H,8-11H2,1-4H3;2-4,11,18H,5-8H2,1H3. The molecule has 0 aromatic heterocycles. The quantitative estimate of drug-likeness (QED) is 0.332. The fourth-order valence-electron chi connectivity index (χ4n) is 7.05. The molecule has 4 fully saturated rings. The van der Waals surface area contributed by atoms with E-state index in [1.54, 1.807) is 50.8 Å². The van der Waals surface area contributed by atoms with Crippen LogP contribution in [-0.2, 0) is 10.3 Å². The second-order valence-corrected chi connectivity index (χ2v) is 14.5. The van der Waals surface area contributed by atoms with Crippen molar-refractivity contribution in [1.82, 2.24) is 10.2 Å². The fourth-order valence-corrected chi connectivity index (χ4v) is 7.05. The molecule has 2 heterocycles. The highest BCUT2D eigenvalue weighted by Crippen LogP contribution is 2.59. The third-order valence-corrected chi connectivity index (χ3v) is 9.26. The first-order valence-corrected chi connectivity index (χ1v) is 15.2. The van der Waals surface area contributed by atoms with Crippen molar-refractivity contribution in [1.29, 1.82) is 0 Å². The Morgan fingerprint density at radius 1 is 0.848 bits per heavy atom. The summed E-state index contributed by atoms with van der Waals surface area (Å²) in [4.78, 5) is 13.6. The Hall–Kier alpha value is -3.19. The number of nitrogens with one attached hydrogen (secondary N) is 1. The lowest BCUT2D eigenvalue weighted by molar-refractivity contribution is -0.275. The fraction of sp³-hybridized carbons (Fsp3) is 0.606. The second-order valence-electron chi connectivity index (χ2n) is 14.5. The molecule has 0 bridgehead atoms. The summed E-state index contributed by atoms with van der Waals surface area (Å²) in [5.74, 6) is -0.00525. The molecule has 0 unspecified atom stereocenters. The van der Waals surface area contributed by atoms with Crippen LogP contribution in [-0.4, -0.2) is 60.6 Å². The molecular formula is C33H40F6N2O5. The lowest BCUT2D eigenvalue weighted by Crippen LogP contribution is -2.68. The molecule has 2 aromatic carbocycles. The molecule has 2 N–H and O–H groups in total. The summed E-state index contributed by atoms with van der Waals surface area (Å²) in [6.45, 7) is 11.6. The molecule has 2 aliphatic heterocycles. The molecule has 4 aliphatic rings. The molecule has 2 saturated carbocycles. The van der Waals surface area contributed by atoms with E-state index in [2.05, 4.69) is 14.8 Å². The van der Waals surface area contributed by atoms with Gasteiger partial charge in [-0.3, -0.25) is 0 Å². The number of alkyl halides is 6. The van der Waals surface area contributed by atoms with Gasteiger partial charge < -0.3 is 29.5 Å². The van der Waals surface area contributed by atoms with Crippen molar-refractivity contribution in [3.63, 3.8) is 0 Å². The Bertz CT molecular complexity index is 1440. The Morgan fingerprint density at radius 2 is 1.37 bits per heavy atom. The van der Waals surface area contributed by atoms with Crippen molar-refractivity contribution >= 4 is 6.09 Å². The number of benzene rings is 2. The van der Waals surface area contributed by atoms with Crippen molar-refractivity contribution in [2.75, 3.05) is 26.2 Å². The van der Waals surface area contributed by atoms with Gasteiger partial charge in [0.05, 0.1) is 5.60 Å². The van der Waals surface area contributed by atoms with Gasteiger partial charge in [-0.1, -0.05) is 24.3 Å². The lowest BCUT2D eigenvalue weighted by atomic mass is 9.53. The van der Waals surface area contributed by atoms with E-state index in [-0.39, 0.29) is 23.0 Å². The molecule has 2 saturated heterocycles. The number of aryl methyl sites for hydroxylation is 2. The number of halogens is 6. The number of rotatable bonds is 4. The van der Waals surface area contributed by atoms with Gasteiger partial charge in [0, 0.05) is 31.6 Å². The normalized spacial score (nSPS) is 22.3. The number of nitrogens with zero attached hydrogens (tertiary/aromatic N) is 1. The van der Waals surface area contributed by atoms with Gasteiger partial charge in [-0.15, -0.1) is 26.3 Å². The SMILES string of the molecule is Cc1ccc(C2(O)CC3(CN(C(=O)OC(C)(C)C)C3)C2)cc1OC(F)(F)F.Cc1ccc(C2CC3(CNC3)C2)cc1OC(F)(F)F. The summed E-state index contributed by atoms with van der Waals surface area (Å²) in [6, 6.07) is 9.55. The van der Waals surface area contributed by atoms with E-state index in [4.69, 9.17) is 4.74 Å². The highest BCUT2D eigenvalue weighted by atomic mass is 19.4. The van der Waals surface area contributed by atoms with Crippen LogP contribution in [0.3, 0.4) is 0 Å². The van der Waals surface area contributed by atoms with Gasteiger partial charge in [-0.2, -0.15) is 0 Å². The van der Waals surface area contributed by atoms with Crippen molar-refractivity contribution in [2.45, 2.75) is 90.1 Å². The van der Waals surface area contributed by atoms with E-state index >= 15 is 0 Å². The third kappa shape index (κ3) is 7.67. The van der Waals surface area contributed by atoms with Gasteiger partial charge in [0.2, 0.25) is 0 Å². The Morgan fingerprint density at radius 3 is 1.85 bits per heavy atom. The summed E-state index contributed by atoms with van der Waals surface area (Å²) in [5, 5.41) is 14.1. The summed E-state index contributed by atoms with van der Waals surface area (Å²) < 4.78 is 88.0. The minimum Gasteiger partial charge on any atom is -0.444 e. The maximum atomic E-state index is 12.5. The average molecular weight is 659 g/mol. The van der Waals surface area contributed by atoms with Gasteiger partial charge in [-0.25, -0.2) is 4.79 Å². The average Bonchev–Trinajstić information content (AvgIpc) is 2.79. The Kier molecular flexibility index (Phi) is 8.54. The van der Waals surface area contributed by atoms with Gasteiger partial charge in [0.25, 0.3) is 0 Å². The van der Waals surface area contributed by atoms with Crippen LogP contribution in [0.5, 0.6) is 11.5 Å². The smallest absolute Gasteiger partial charge is 0.444 e. The second kappa shape index (κ2) is 11.5. The summed E-state index contributed by atoms with van der Waals surface area (Å²) in [7, 11) is 0. The molecular weight excluding hydrogens is 618 g/mol. The molecule has 0 atom stereocenters. The molecule has 0 radical (unpaired) electrons. The summed E-state index contributed by atoms with van der Waals surface area (Å²) >= 11 is 0. The summed E-state index contributed by atoms with van der Waals surface area (Å²) in [6.07, 6.45) is -6.90. The van der Waals surface area contributed by atoms with Crippen LogP contribution < -0.4 is 14.8 Å². The van der Waals surface area contributed by atoms with E-state index < -0.39 is 23.9 Å². The van der Waals surface area contributed by atoms with Crippen LogP contribution in [0.15, 0.2) is 36.4 Å². The van der Waals surface area contributed by atoms with Gasteiger partial charge in [-0.05, 0) is 106 Å². The van der Waals surface area contributed by atoms with Gasteiger partial charge >= 0.3 is 18.8 Å². The van der Waals surface area contributed by atoms with Crippen LogP contribution in [0.25, 0.3) is 0 Å². The molecule has 6 rings (SSSR count). The van der Waals surface area contributed by atoms with Crippen LogP contribution in [0, 0.1) is 24.7 Å². The zero-order valence-corrected chi connectivity index (χ0v) is 26.5. The van der Waals surface area contributed by atoms with Crippen LogP contribution in [0.2, 0.25) is 0 Å². The minimum absolute atomic E-state index is 0.0716. The first-order valence-electron chi connectivity index (χ1n) is 15.2. The number of hydrogen-bond donors (Lipinski definition) is 2. The van der Waals surface area contributed by atoms with Crippen LogP contribution in [0.4, 0.5) is 31.1 Å². The minimum atomic E-state index is -4.78. The van der Waals surface area contributed by atoms with Crippen molar-refractivity contribution in [3.8, 4) is 11.5 Å². The molecule has 2 aliphatic carbocycles. The third-order valence-electron chi connectivity index (χ3n) is 9.26. The molecule has 2 aromatic rings. The van der Waals surface area contributed by atoms with E-state index in [1.807, 2.05) is 6.07 Å². The number of carbonyl (C=O) groups excluding carboxylic acids is 1. The van der Waals surface area contributed by atoms with Crippen molar-refractivity contribution < 1.29 is 50.5 Å². The molecule has 7 nitrogen and oxygen atoms in total. The number of ether oxygens (including phenoxy) is 3. The number of amides is 1. The largest absolute Gasteiger partial charge is 0.573 e. The maximum Gasteiger partial charge on any atom is 0.573 e. The highest BCUT2D eigenvalue weighted by molar-refractivity contribution is 5.69. The Balaban J connectivity index is 0.000000192. The predicted octanol–water partition coefficient (Wildman–Crippen LogP) is 7.47. The topological polar surface area (TPSA) is 80.3 Å². The zero-order valence-electron chi connectivity index (χ0n) is 26.5. The number of carbonyl (C=O) groups is 1. The Labute approximate surface area is 264 Å².